The Labute approximate surface area is 424 Å². The molecule has 69 heavy (non-hydrogen) atoms. The van der Waals surface area contributed by atoms with Crippen molar-refractivity contribution in [2.24, 2.45) is 0 Å². The first kappa shape index (κ1) is 65.7. The summed E-state index contributed by atoms with van der Waals surface area (Å²) >= 11 is 0. The van der Waals surface area contributed by atoms with E-state index in [9.17, 15) is 19.5 Å². The van der Waals surface area contributed by atoms with Crippen LogP contribution in [0.25, 0.3) is 0 Å². The first-order chi connectivity index (χ1) is 33.6. The summed E-state index contributed by atoms with van der Waals surface area (Å²) in [5.74, 6) is -2.28. The van der Waals surface area contributed by atoms with E-state index >= 15 is 0 Å². The van der Waals surface area contributed by atoms with Gasteiger partial charge in [0.1, 0.15) is 13.2 Å². The van der Waals surface area contributed by atoms with Crippen LogP contribution in [0.4, 0.5) is 0 Å². The van der Waals surface area contributed by atoms with E-state index in [4.69, 9.17) is 18.9 Å². The average molecular weight is 968 g/mol. The molecule has 0 aliphatic heterocycles. The number of ether oxygens (including phenoxy) is 4. The van der Waals surface area contributed by atoms with Crippen LogP contribution >= 0.6 is 0 Å². The minimum Gasteiger partial charge on any atom is -0.545 e. The maximum atomic E-state index is 12.8. The van der Waals surface area contributed by atoms with Crippen molar-refractivity contribution in [1.29, 1.82) is 0 Å². The highest BCUT2D eigenvalue weighted by Gasteiger charge is 2.22. The number of esters is 2. The van der Waals surface area contributed by atoms with Gasteiger partial charge in [-0.2, -0.15) is 0 Å². The van der Waals surface area contributed by atoms with Crippen molar-refractivity contribution in [3.63, 3.8) is 0 Å². The van der Waals surface area contributed by atoms with Crippen molar-refractivity contribution >= 4 is 17.9 Å². The molecule has 0 bridgehead atoms. The Balaban J connectivity index is 4.18. The standard InChI is InChI=1S/C60H105NO8/c1-6-8-10-12-14-16-18-20-21-22-23-24-25-26-27-28-29-30-31-32-33-34-35-36-37-39-41-43-45-47-49-51-58(63)69-56(55-68-60(59(64)65)66-53-52-61(3,4)5)54-67-57(62)50-48-46-44-42-40-38-19-17-15-13-11-9-7-2/h8,10,14,16,20-21,23-24,26-27,29-30,56,60H,6-7,9,11-13,15,17-19,22,25,28,31-55H2,1-5H3/b10-8-,16-14-,21-20-,24-23-,27-26-,30-29-. The summed E-state index contributed by atoms with van der Waals surface area (Å²) in [6, 6.07) is 0. The van der Waals surface area contributed by atoms with E-state index in [1.807, 2.05) is 21.1 Å². The zero-order valence-electron chi connectivity index (χ0n) is 45.2. The lowest BCUT2D eigenvalue weighted by Gasteiger charge is -2.26. The Hall–Kier alpha value is -3.27. The van der Waals surface area contributed by atoms with Crippen LogP contribution in [0.3, 0.4) is 0 Å². The third kappa shape index (κ3) is 52.4. The molecule has 0 aromatic carbocycles. The molecule has 2 unspecified atom stereocenters. The number of unbranched alkanes of at least 4 members (excludes halogenated alkanes) is 24. The summed E-state index contributed by atoms with van der Waals surface area (Å²) in [5.41, 5.74) is 0. The number of carboxylic acid groups (broad SMARTS) is 1. The molecule has 0 fully saturated rings. The van der Waals surface area contributed by atoms with Gasteiger partial charge in [0.25, 0.3) is 0 Å². The van der Waals surface area contributed by atoms with Crippen LogP contribution in [0.1, 0.15) is 232 Å². The monoisotopic (exact) mass is 968 g/mol. The zero-order valence-corrected chi connectivity index (χ0v) is 45.2. The van der Waals surface area contributed by atoms with Crippen LogP contribution in [0.2, 0.25) is 0 Å². The van der Waals surface area contributed by atoms with E-state index in [0.29, 0.717) is 23.9 Å². The van der Waals surface area contributed by atoms with E-state index in [-0.39, 0.29) is 32.2 Å². The van der Waals surface area contributed by atoms with Crippen LogP contribution in [0, 0.1) is 0 Å². The number of hydrogen-bond acceptors (Lipinski definition) is 8. The number of carboxylic acids is 1. The molecule has 0 radical (unpaired) electrons. The third-order valence-electron chi connectivity index (χ3n) is 12.0. The number of nitrogens with zero attached hydrogens (tertiary/aromatic N) is 1. The molecule has 9 heteroatoms. The second kappa shape index (κ2) is 51.1. The molecule has 0 N–H and O–H groups in total. The van der Waals surface area contributed by atoms with Gasteiger partial charge in [0, 0.05) is 12.8 Å². The Bertz CT molecular complexity index is 1360. The van der Waals surface area contributed by atoms with Gasteiger partial charge in [0.2, 0.25) is 0 Å². The summed E-state index contributed by atoms with van der Waals surface area (Å²) < 4.78 is 22.7. The van der Waals surface area contributed by atoms with Gasteiger partial charge in [-0.05, 0) is 64.2 Å². The van der Waals surface area contributed by atoms with Crippen molar-refractivity contribution in [2.75, 3.05) is 47.5 Å². The molecule has 0 heterocycles. The molecule has 0 aliphatic carbocycles. The molecule has 0 aromatic heterocycles. The van der Waals surface area contributed by atoms with Crippen LogP contribution in [-0.2, 0) is 33.3 Å². The molecule has 0 saturated carbocycles. The van der Waals surface area contributed by atoms with E-state index in [2.05, 4.69) is 86.8 Å². The molecule has 2 atom stereocenters. The average Bonchev–Trinajstić information content (AvgIpc) is 3.31. The number of carbonyl (C=O) groups excluding carboxylic acids is 3. The topological polar surface area (TPSA) is 111 Å². The molecule has 0 saturated heterocycles. The summed E-state index contributed by atoms with van der Waals surface area (Å²) in [5, 5.41) is 11.7. The zero-order chi connectivity index (χ0) is 50.6. The number of aliphatic carboxylic acids is 1. The number of rotatable bonds is 51. The fraction of sp³-hybridized carbons (Fsp3) is 0.750. The predicted molar refractivity (Wildman–Crippen MR) is 288 cm³/mol. The Morgan fingerprint density at radius 2 is 0.826 bits per heavy atom. The number of likely N-dealkylation sites (N-methyl/N-ethyl adjacent to an activating group) is 1. The van der Waals surface area contributed by atoms with Crippen molar-refractivity contribution in [3.05, 3.63) is 72.9 Å². The van der Waals surface area contributed by atoms with E-state index in [1.165, 1.54) is 122 Å². The van der Waals surface area contributed by atoms with Crippen molar-refractivity contribution < 1.29 is 42.9 Å². The third-order valence-corrected chi connectivity index (χ3v) is 12.0. The van der Waals surface area contributed by atoms with Gasteiger partial charge in [-0.25, -0.2) is 0 Å². The second-order valence-electron chi connectivity index (χ2n) is 19.9. The van der Waals surface area contributed by atoms with E-state index in [0.717, 1.165) is 77.0 Å². The van der Waals surface area contributed by atoms with E-state index in [1.54, 1.807) is 0 Å². The normalized spacial score (nSPS) is 13.3. The van der Waals surface area contributed by atoms with Crippen molar-refractivity contribution in [1.82, 2.24) is 0 Å². The van der Waals surface area contributed by atoms with Crippen LogP contribution < -0.4 is 5.11 Å². The highest BCUT2D eigenvalue weighted by molar-refractivity contribution is 5.70. The van der Waals surface area contributed by atoms with Gasteiger partial charge < -0.3 is 33.3 Å². The fourth-order valence-corrected chi connectivity index (χ4v) is 7.66. The van der Waals surface area contributed by atoms with Crippen LogP contribution in [0.15, 0.2) is 72.9 Å². The van der Waals surface area contributed by atoms with Crippen LogP contribution in [-0.4, -0.2) is 82.3 Å². The van der Waals surface area contributed by atoms with Gasteiger partial charge >= 0.3 is 11.9 Å². The first-order valence-electron chi connectivity index (χ1n) is 28.1. The van der Waals surface area contributed by atoms with E-state index < -0.39 is 24.3 Å². The lowest BCUT2D eigenvalue weighted by atomic mass is 10.0. The smallest absolute Gasteiger partial charge is 0.306 e. The van der Waals surface area contributed by atoms with Gasteiger partial charge in [0.15, 0.2) is 12.4 Å². The summed E-state index contributed by atoms with van der Waals surface area (Å²) in [7, 11) is 5.92. The highest BCUT2D eigenvalue weighted by Crippen LogP contribution is 2.16. The second-order valence-corrected chi connectivity index (χ2v) is 19.9. The molecule has 9 nitrogen and oxygen atoms in total. The maximum Gasteiger partial charge on any atom is 0.306 e. The molecule has 0 aromatic rings. The molecular formula is C60H105NO8. The minimum absolute atomic E-state index is 0.146. The molecule has 0 amide bonds. The molecule has 0 aliphatic rings. The number of hydrogen-bond donors (Lipinski definition) is 0. The highest BCUT2D eigenvalue weighted by atomic mass is 16.7. The Morgan fingerprint density at radius 1 is 0.449 bits per heavy atom. The number of carbonyl (C=O) groups is 3. The summed E-state index contributed by atoms with van der Waals surface area (Å²) in [4.78, 5) is 37.2. The minimum atomic E-state index is -1.62. The largest absolute Gasteiger partial charge is 0.545 e. The number of allylic oxidation sites excluding steroid dienone is 12. The number of quaternary nitrogens is 1. The molecular weight excluding hydrogens is 863 g/mol. The maximum absolute atomic E-state index is 12.8. The van der Waals surface area contributed by atoms with Gasteiger partial charge in [-0.15, -0.1) is 0 Å². The molecule has 0 rings (SSSR count). The Morgan fingerprint density at radius 3 is 1.23 bits per heavy atom. The SMILES string of the molecule is CC/C=C\C/C=C\C/C=C\C/C=C\C/C=C\C/C=C\CCCCCCCCCCCCCCC(=O)OC(COC(=O)CCCCCCCCCCCCCCC)COC(OCC[N+](C)(C)C)C(=O)[O-]. The summed E-state index contributed by atoms with van der Waals surface area (Å²) in [6.45, 7) is 4.64. The molecule has 0 spiro atoms. The predicted octanol–water partition coefficient (Wildman–Crippen LogP) is 14.9. The van der Waals surface area contributed by atoms with Crippen molar-refractivity contribution in [2.45, 2.75) is 245 Å². The lowest BCUT2D eigenvalue weighted by Crippen LogP contribution is -2.44. The fourth-order valence-electron chi connectivity index (χ4n) is 7.66. The first-order valence-corrected chi connectivity index (χ1v) is 28.1. The summed E-state index contributed by atoms with van der Waals surface area (Å²) in [6.07, 6.45) is 62.3. The van der Waals surface area contributed by atoms with Crippen LogP contribution in [0.5, 0.6) is 0 Å². The van der Waals surface area contributed by atoms with Crippen molar-refractivity contribution in [3.8, 4) is 0 Å². The lowest BCUT2D eigenvalue weighted by molar-refractivity contribution is -0.870. The Kier molecular flexibility index (Phi) is 48.7. The van der Waals surface area contributed by atoms with Gasteiger partial charge in [0.05, 0.1) is 40.3 Å². The quantitative estimate of drug-likeness (QED) is 0.0195. The van der Waals surface area contributed by atoms with Gasteiger partial charge in [-0.1, -0.05) is 228 Å². The van der Waals surface area contributed by atoms with Gasteiger partial charge in [-0.3, -0.25) is 9.59 Å². The molecule has 398 valence electrons.